The Morgan fingerprint density at radius 2 is 1.77 bits per heavy atom. The topological polar surface area (TPSA) is 110 Å². The van der Waals surface area contributed by atoms with Gasteiger partial charge in [-0.15, -0.1) is 0 Å². The zero-order valence-corrected chi connectivity index (χ0v) is 15.8. The number of ether oxygens (including phenoxy) is 1. The minimum atomic E-state index is -3.59. The molecule has 1 rings (SSSR count). The van der Waals surface area contributed by atoms with Gasteiger partial charge in [0, 0.05) is 13.1 Å². The quantitative estimate of drug-likeness (QED) is 0.584. The number of hydrogen-bond acceptors (Lipinski definition) is 6. The van der Waals surface area contributed by atoms with Crippen LogP contribution in [0.1, 0.15) is 20.3 Å². The van der Waals surface area contributed by atoms with Gasteiger partial charge in [-0.25, -0.2) is 8.42 Å². The number of carbonyl (C=O) groups excluding carboxylic acids is 3. The first-order valence-electron chi connectivity index (χ1n) is 8.28. The van der Waals surface area contributed by atoms with Crippen LogP contribution < -0.4 is 5.32 Å². The van der Waals surface area contributed by atoms with Crippen LogP contribution in [0.15, 0.2) is 35.2 Å². The van der Waals surface area contributed by atoms with E-state index in [0.717, 1.165) is 0 Å². The zero-order chi connectivity index (χ0) is 19.6. The van der Waals surface area contributed by atoms with Crippen molar-refractivity contribution in [2.75, 3.05) is 32.0 Å². The summed E-state index contributed by atoms with van der Waals surface area (Å²) < 4.78 is 29.0. The number of amides is 2. The maximum Gasteiger partial charge on any atom is 0.307 e. The molecule has 0 aliphatic heterocycles. The standard InChI is InChI=1S/C17H24N2O6S/c1-3-18-15(20)12-19(4-2)16(21)13-25-17(22)10-11-26(23,24)14-8-6-5-7-9-14/h5-9H,3-4,10-13H2,1-2H3,(H,18,20). The van der Waals surface area contributed by atoms with Crippen LogP contribution in [0.4, 0.5) is 0 Å². The van der Waals surface area contributed by atoms with Crippen LogP contribution in [0.25, 0.3) is 0 Å². The number of carbonyl (C=O) groups is 3. The first-order valence-corrected chi connectivity index (χ1v) is 9.93. The predicted octanol–water partition coefficient (Wildman–Crippen LogP) is 0.378. The van der Waals surface area contributed by atoms with Crippen LogP contribution in [0.3, 0.4) is 0 Å². The molecular weight excluding hydrogens is 360 g/mol. The van der Waals surface area contributed by atoms with Gasteiger partial charge >= 0.3 is 5.97 Å². The fourth-order valence-corrected chi connectivity index (χ4v) is 3.31. The highest BCUT2D eigenvalue weighted by Gasteiger charge is 2.19. The second-order valence-corrected chi connectivity index (χ2v) is 7.51. The minimum Gasteiger partial charge on any atom is -0.456 e. The van der Waals surface area contributed by atoms with E-state index in [-0.39, 0.29) is 30.3 Å². The fraction of sp³-hybridized carbons (Fsp3) is 0.471. The van der Waals surface area contributed by atoms with E-state index >= 15 is 0 Å². The van der Waals surface area contributed by atoms with Crippen molar-refractivity contribution in [3.05, 3.63) is 30.3 Å². The summed E-state index contributed by atoms with van der Waals surface area (Å²) in [7, 11) is -3.59. The lowest BCUT2D eigenvalue weighted by Gasteiger charge is -2.20. The summed E-state index contributed by atoms with van der Waals surface area (Å²) >= 11 is 0. The van der Waals surface area contributed by atoms with Crippen molar-refractivity contribution in [3.63, 3.8) is 0 Å². The van der Waals surface area contributed by atoms with Gasteiger partial charge in [-0.2, -0.15) is 0 Å². The van der Waals surface area contributed by atoms with E-state index in [1.54, 1.807) is 32.0 Å². The lowest BCUT2D eigenvalue weighted by molar-refractivity contribution is -0.152. The summed E-state index contributed by atoms with van der Waals surface area (Å²) in [6, 6.07) is 7.78. The third kappa shape index (κ3) is 7.22. The van der Waals surface area contributed by atoms with Crippen LogP contribution in [-0.4, -0.2) is 63.1 Å². The lowest BCUT2D eigenvalue weighted by atomic mass is 10.4. The Hall–Kier alpha value is -2.42. The number of likely N-dealkylation sites (N-methyl/N-ethyl adjacent to an activating group) is 2. The Balaban J connectivity index is 2.45. The summed E-state index contributed by atoms with van der Waals surface area (Å²) in [5, 5.41) is 2.58. The van der Waals surface area contributed by atoms with Crippen molar-refractivity contribution in [1.82, 2.24) is 10.2 Å². The Kier molecular flexibility index (Phi) is 8.77. The van der Waals surface area contributed by atoms with Crippen LogP contribution >= 0.6 is 0 Å². The largest absolute Gasteiger partial charge is 0.456 e. The molecule has 0 spiro atoms. The second kappa shape index (κ2) is 10.5. The Bertz CT molecular complexity index is 718. The van der Waals surface area contributed by atoms with E-state index in [4.69, 9.17) is 4.74 Å². The van der Waals surface area contributed by atoms with Crippen molar-refractivity contribution in [2.45, 2.75) is 25.2 Å². The molecule has 0 aliphatic rings. The molecule has 1 aromatic carbocycles. The van der Waals surface area contributed by atoms with Gasteiger partial charge in [0.2, 0.25) is 5.91 Å². The van der Waals surface area contributed by atoms with Gasteiger partial charge in [0.25, 0.3) is 5.91 Å². The van der Waals surface area contributed by atoms with Crippen molar-refractivity contribution in [2.24, 2.45) is 0 Å². The summed E-state index contributed by atoms with van der Waals surface area (Å²) in [5.41, 5.74) is 0. The van der Waals surface area contributed by atoms with Crippen molar-refractivity contribution >= 4 is 27.6 Å². The molecule has 1 N–H and O–H groups in total. The molecule has 0 fully saturated rings. The molecule has 26 heavy (non-hydrogen) atoms. The van der Waals surface area contributed by atoms with Gasteiger partial charge in [-0.05, 0) is 26.0 Å². The Morgan fingerprint density at radius 3 is 2.35 bits per heavy atom. The minimum absolute atomic E-state index is 0.122. The van der Waals surface area contributed by atoms with E-state index < -0.39 is 34.1 Å². The number of sulfone groups is 1. The molecule has 0 radical (unpaired) electrons. The fourth-order valence-electron chi connectivity index (χ4n) is 2.07. The monoisotopic (exact) mass is 384 g/mol. The van der Waals surface area contributed by atoms with Crippen molar-refractivity contribution < 1.29 is 27.5 Å². The van der Waals surface area contributed by atoms with Crippen molar-refractivity contribution in [1.29, 1.82) is 0 Å². The highest BCUT2D eigenvalue weighted by atomic mass is 32.2. The molecule has 0 aromatic heterocycles. The molecule has 0 heterocycles. The maximum atomic E-state index is 12.1. The summed E-state index contributed by atoms with van der Waals surface area (Å²) in [5.74, 6) is -2.01. The van der Waals surface area contributed by atoms with Gasteiger partial charge in [0.15, 0.2) is 16.4 Å². The molecule has 9 heteroatoms. The summed E-state index contributed by atoms with van der Waals surface area (Å²) in [6.45, 7) is 3.55. The first kappa shape index (κ1) is 21.6. The lowest BCUT2D eigenvalue weighted by Crippen LogP contribution is -2.42. The molecule has 0 atom stereocenters. The summed E-state index contributed by atoms with van der Waals surface area (Å²) in [6.07, 6.45) is -0.354. The second-order valence-electron chi connectivity index (χ2n) is 5.40. The normalized spacial score (nSPS) is 10.8. The Morgan fingerprint density at radius 1 is 1.12 bits per heavy atom. The van der Waals surface area contributed by atoms with Crippen LogP contribution in [0.5, 0.6) is 0 Å². The number of hydrogen-bond donors (Lipinski definition) is 1. The number of esters is 1. The number of rotatable bonds is 10. The van der Waals surface area contributed by atoms with Crippen LogP contribution in [0, 0.1) is 0 Å². The molecule has 0 saturated heterocycles. The molecule has 0 bridgehead atoms. The van der Waals surface area contributed by atoms with Gasteiger partial charge < -0.3 is 15.0 Å². The van der Waals surface area contributed by atoms with E-state index in [9.17, 15) is 22.8 Å². The van der Waals surface area contributed by atoms with Crippen molar-refractivity contribution in [3.8, 4) is 0 Å². The van der Waals surface area contributed by atoms with E-state index in [1.807, 2.05) is 0 Å². The van der Waals surface area contributed by atoms with Crippen LogP contribution in [0.2, 0.25) is 0 Å². The SMILES string of the molecule is CCNC(=O)CN(CC)C(=O)COC(=O)CCS(=O)(=O)c1ccccc1. The highest BCUT2D eigenvalue weighted by molar-refractivity contribution is 7.91. The number of nitrogens with zero attached hydrogens (tertiary/aromatic N) is 1. The maximum absolute atomic E-state index is 12.1. The number of nitrogens with one attached hydrogen (secondary N) is 1. The third-order valence-electron chi connectivity index (χ3n) is 3.48. The van der Waals surface area contributed by atoms with E-state index in [1.165, 1.54) is 17.0 Å². The highest BCUT2D eigenvalue weighted by Crippen LogP contribution is 2.11. The molecule has 1 aromatic rings. The average Bonchev–Trinajstić information content (AvgIpc) is 2.63. The zero-order valence-electron chi connectivity index (χ0n) is 14.9. The van der Waals surface area contributed by atoms with Gasteiger partial charge in [-0.3, -0.25) is 14.4 Å². The smallest absolute Gasteiger partial charge is 0.307 e. The molecule has 0 aliphatic carbocycles. The molecular formula is C17H24N2O6S. The number of benzene rings is 1. The molecule has 8 nitrogen and oxygen atoms in total. The molecule has 2 amide bonds. The van der Waals surface area contributed by atoms with Gasteiger partial charge in [-0.1, -0.05) is 18.2 Å². The molecule has 0 unspecified atom stereocenters. The first-order chi connectivity index (χ1) is 12.3. The average molecular weight is 384 g/mol. The molecule has 144 valence electrons. The van der Waals surface area contributed by atoms with Crippen LogP contribution in [-0.2, 0) is 29.0 Å². The van der Waals surface area contributed by atoms with E-state index in [0.29, 0.717) is 6.54 Å². The molecule has 0 saturated carbocycles. The van der Waals surface area contributed by atoms with E-state index in [2.05, 4.69) is 5.32 Å². The predicted molar refractivity (Wildman–Crippen MR) is 95.0 cm³/mol. The van der Waals surface area contributed by atoms with Gasteiger partial charge in [0.1, 0.15) is 0 Å². The van der Waals surface area contributed by atoms with Gasteiger partial charge in [0.05, 0.1) is 23.6 Å². The Labute approximate surface area is 153 Å². The third-order valence-corrected chi connectivity index (χ3v) is 5.21. The summed E-state index contributed by atoms with van der Waals surface area (Å²) in [4.78, 5) is 36.6.